The standard InChI is InChI=1S/C10H13NO2/c12-10(4-5-10)9-3-1-2-8(6-9)7-11-13/h1-3,6,11-13H,4-5,7H2. The summed E-state index contributed by atoms with van der Waals surface area (Å²) in [4.78, 5) is 0. The van der Waals surface area contributed by atoms with Gasteiger partial charge in [0.2, 0.25) is 0 Å². The van der Waals surface area contributed by atoms with E-state index < -0.39 is 5.60 Å². The lowest BCUT2D eigenvalue weighted by Crippen LogP contribution is -2.09. The molecule has 1 aliphatic rings. The summed E-state index contributed by atoms with van der Waals surface area (Å²) < 4.78 is 0. The maximum Gasteiger partial charge on any atom is 0.0899 e. The van der Waals surface area contributed by atoms with Gasteiger partial charge in [0.25, 0.3) is 0 Å². The molecule has 13 heavy (non-hydrogen) atoms. The third-order valence-electron chi connectivity index (χ3n) is 2.47. The van der Waals surface area contributed by atoms with E-state index in [1.807, 2.05) is 24.3 Å². The van der Waals surface area contributed by atoms with Crippen LogP contribution < -0.4 is 5.48 Å². The second kappa shape index (κ2) is 3.10. The van der Waals surface area contributed by atoms with Crippen LogP contribution in [0.25, 0.3) is 0 Å². The Morgan fingerprint density at radius 3 is 2.77 bits per heavy atom. The summed E-state index contributed by atoms with van der Waals surface area (Å²) in [6, 6.07) is 7.67. The van der Waals surface area contributed by atoms with E-state index in [2.05, 4.69) is 5.48 Å². The molecule has 0 saturated heterocycles. The van der Waals surface area contributed by atoms with Crippen molar-refractivity contribution in [3.63, 3.8) is 0 Å². The monoisotopic (exact) mass is 179 g/mol. The molecule has 1 aromatic rings. The minimum atomic E-state index is -0.578. The van der Waals surface area contributed by atoms with Crippen LogP contribution >= 0.6 is 0 Å². The fourth-order valence-electron chi connectivity index (χ4n) is 1.47. The Hall–Kier alpha value is -0.900. The molecule has 1 aromatic carbocycles. The van der Waals surface area contributed by atoms with Crippen molar-refractivity contribution in [3.8, 4) is 0 Å². The Kier molecular flexibility index (Phi) is 2.07. The normalized spacial score (nSPS) is 18.6. The maximum absolute atomic E-state index is 9.81. The summed E-state index contributed by atoms with van der Waals surface area (Å²) in [7, 11) is 0. The molecule has 3 nitrogen and oxygen atoms in total. The molecule has 2 rings (SSSR count). The average Bonchev–Trinajstić information content (AvgIpc) is 2.86. The van der Waals surface area contributed by atoms with Gasteiger partial charge in [-0.1, -0.05) is 24.3 Å². The second-order valence-electron chi connectivity index (χ2n) is 3.57. The number of aliphatic hydroxyl groups is 1. The van der Waals surface area contributed by atoms with Crippen LogP contribution in [0.2, 0.25) is 0 Å². The van der Waals surface area contributed by atoms with E-state index in [0.717, 1.165) is 24.0 Å². The molecule has 0 unspecified atom stereocenters. The van der Waals surface area contributed by atoms with Crippen LogP contribution in [0.15, 0.2) is 24.3 Å². The molecular formula is C10H13NO2. The van der Waals surface area contributed by atoms with Crippen molar-refractivity contribution in [1.82, 2.24) is 5.48 Å². The first kappa shape index (κ1) is 8.69. The molecule has 1 fully saturated rings. The molecule has 0 heterocycles. The van der Waals surface area contributed by atoms with E-state index in [4.69, 9.17) is 5.21 Å². The number of nitrogens with one attached hydrogen (secondary N) is 1. The molecule has 0 spiro atoms. The fraction of sp³-hybridized carbons (Fsp3) is 0.400. The summed E-state index contributed by atoms with van der Waals surface area (Å²) in [6.45, 7) is 0.421. The van der Waals surface area contributed by atoms with Gasteiger partial charge in [0, 0.05) is 6.54 Å². The Bertz CT molecular complexity index is 308. The minimum Gasteiger partial charge on any atom is -0.385 e. The fourth-order valence-corrected chi connectivity index (χ4v) is 1.47. The van der Waals surface area contributed by atoms with Gasteiger partial charge >= 0.3 is 0 Å². The lowest BCUT2D eigenvalue weighted by atomic mass is 10.0. The zero-order valence-electron chi connectivity index (χ0n) is 7.33. The Labute approximate surface area is 77.0 Å². The molecule has 3 N–H and O–H groups in total. The summed E-state index contributed by atoms with van der Waals surface area (Å²) in [5.74, 6) is 0. The SMILES string of the molecule is ONCc1cccc(C2(O)CC2)c1. The van der Waals surface area contributed by atoms with Gasteiger partial charge < -0.3 is 10.3 Å². The van der Waals surface area contributed by atoms with Crippen molar-refractivity contribution in [2.24, 2.45) is 0 Å². The number of hydrogen-bond donors (Lipinski definition) is 3. The third-order valence-corrected chi connectivity index (χ3v) is 2.47. The number of rotatable bonds is 3. The van der Waals surface area contributed by atoms with Gasteiger partial charge in [-0.2, -0.15) is 0 Å². The smallest absolute Gasteiger partial charge is 0.0899 e. The van der Waals surface area contributed by atoms with E-state index in [9.17, 15) is 5.11 Å². The van der Waals surface area contributed by atoms with Gasteiger partial charge in [0.05, 0.1) is 5.60 Å². The molecule has 0 aliphatic heterocycles. The minimum absolute atomic E-state index is 0.421. The van der Waals surface area contributed by atoms with Gasteiger partial charge in [0.1, 0.15) is 0 Å². The predicted molar refractivity (Wildman–Crippen MR) is 48.2 cm³/mol. The predicted octanol–water partition coefficient (Wildman–Crippen LogP) is 1.15. The van der Waals surface area contributed by atoms with E-state index in [1.165, 1.54) is 0 Å². The Morgan fingerprint density at radius 1 is 1.38 bits per heavy atom. The molecule has 1 aliphatic carbocycles. The molecule has 0 bridgehead atoms. The van der Waals surface area contributed by atoms with Crippen LogP contribution in [0.4, 0.5) is 0 Å². The van der Waals surface area contributed by atoms with Crippen LogP contribution in [0, 0.1) is 0 Å². The summed E-state index contributed by atoms with van der Waals surface area (Å²) in [5, 5.41) is 18.3. The highest BCUT2D eigenvalue weighted by molar-refractivity contribution is 5.31. The van der Waals surface area contributed by atoms with Gasteiger partial charge in [-0.05, 0) is 24.0 Å². The van der Waals surface area contributed by atoms with Gasteiger partial charge in [-0.3, -0.25) is 0 Å². The van der Waals surface area contributed by atoms with Gasteiger partial charge in [0.15, 0.2) is 0 Å². The first-order valence-electron chi connectivity index (χ1n) is 4.43. The van der Waals surface area contributed by atoms with Crippen molar-refractivity contribution in [2.45, 2.75) is 25.0 Å². The quantitative estimate of drug-likeness (QED) is 0.610. The molecule has 0 atom stereocenters. The van der Waals surface area contributed by atoms with Crippen molar-refractivity contribution < 1.29 is 10.3 Å². The van der Waals surface area contributed by atoms with E-state index in [0.29, 0.717) is 6.54 Å². The van der Waals surface area contributed by atoms with Crippen LogP contribution in [-0.4, -0.2) is 10.3 Å². The Balaban J connectivity index is 2.22. The third kappa shape index (κ3) is 1.72. The Morgan fingerprint density at radius 2 is 2.15 bits per heavy atom. The zero-order valence-corrected chi connectivity index (χ0v) is 7.33. The molecule has 70 valence electrons. The largest absolute Gasteiger partial charge is 0.385 e. The molecular weight excluding hydrogens is 166 g/mol. The average molecular weight is 179 g/mol. The maximum atomic E-state index is 9.81. The first-order valence-corrected chi connectivity index (χ1v) is 4.43. The number of hydroxylamine groups is 1. The van der Waals surface area contributed by atoms with E-state index >= 15 is 0 Å². The van der Waals surface area contributed by atoms with Crippen LogP contribution in [-0.2, 0) is 12.1 Å². The van der Waals surface area contributed by atoms with Crippen LogP contribution in [0.3, 0.4) is 0 Å². The highest BCUT2D eigenvalue weighted by Gasteiger charge is 2.41. The van der Waals surface area contributed by atoms with Crippen molar-refractivity contribution in [2.75, 3.05) is 0 Å². The molecule has 0 aromatic heterocycles. The summed E-state index contributed by atoms with van der Waals surface area (Å²) in [5.41, 5.74) is 3.47. The van der Waals surface area contributed by atoms with E-state index in [1.54, 1.807) is 0 Å². The van der Waals surface area contributed by atoms with Crippen molar-refractivity contribution in [3.05, 3.63) is 35.4 Å². The molecule has 0 radical (unpaired) electrons. The highest BCUT2D eigenvalue weighted by Crippen LogP contribution is 2.45. The van der Waals surface area contributed by atoms with Crippen LogP contribution in [0.5, 0.6) is 0 Å². The summed E-state index contributed by atoms with van der Waals surface area (Å²) >= 11 is 0. The number of benzene rings is 1. The number of hydrogen-bond acceptors (Lipinski definition) is 3. The van der Waals surface area contributed by atoms with Gasteiger partial charge in [-0.25, -0.2) is 5.48 Å². The van der Waals surface area contributed by atoms with E-state index in [-0.39, 0.29) is 0 Å². The topological polar surface area (TPSA) is 52.5 Å². The van der Waals surface area contributed by atoms with Crippen LogP contribution in [0.1, 0.15) is 24.0 Å². The van der Waals surface area contributed by atoms with Gasteiger partial charge in [-0.15, -0.1) is 0 Å². The first-order chi connectivity index (χ1) is 6.24. The lowest BCUT2D eigenvalue weighted by molar-refractivity contribution is 0.150. The highest BCUT2D eigenvalue weighted by atomic mass is 16.5. The molecule has 3 heteroatoms. The lowest BCUT2D eigenvalue weighted by Gasteiger charge is -2.09. The van der Waals surface area contributed by atoms with Crippen molar-refractivity contribution >= 4 is 0 Å². The van der Waals surface area contributed by atoms with Crippen molar-refractivity contribution in [1.29, 1.82) is 0 Å². The zero-order chi connectivity index (χ0) is 9.31. The second-order valence-corrected chi connectivity index (χ2v) is 3.57. The molecule has 0 amide bonds. The molecule has 1 saturated carbocycles. The summed E-state index contributed by atoms with van der Waals surface area (Å²) in [6.07, 6.45) is 1.70.